The number of aromatic hydroxyl groups is 1. The van der Waals surface area contributed by atoms with Gasteiger partial charge in [0, 0.05) is 16.5 Å². The van der Waals surface area contributed by atoms with E-state index >= 15 is 0 Å². The van der Waals surface area contributed by atoms with E-state index in [4.69, 9.17) is 14.3 Å². The second-order valence-corrected chi connectivity index (χ2v) is 6.53. The Hall–Kier alpha value is -3.87. The van der Waals surface area contributed by atoms with Gasteiger partial charge < -0.3 is 19.4 Å². The van der Waals surface area contributed by atoms with E-state index in [1.807, 2.05) is 0 Å². The van der Waals surface area contributed by atoms with Gasteiger partial charge in [-0.2, -0.15) is 0 Å². The van der Waals surface area contributed by atoms with Gasteiger partial charge in [-0.3, -0.25) is 0 Å². The van der Waals surface area contributed by atoms with Gasteiger partial charge in [0.1, 0.15) is 11.6 Å². The van der Waals surface area contributed by atoms with Gasteiger partial charge >= 0.3 is 5.97 Å². The van der Waals surface area contributed by atoms with Crippen LogP contribution in [0.15, 0.2) is 59.4 Å². The summed E-state index contributed by atoms with van der Waals surface area (Å²) in [5, 5.41) is 20.1. The first-order chi connectivity index (χ1) is 13.9. The van der Waals surface area contributed by atoms with Crippen molar-refractivity contribution >= 4 is 16.7 Å². The number of aryl methyl sites for hydroxylation is 1. The smallest absolute Gasteiger partial charge is 0.341 e. The molecule has 0 fully saturated rings. The topological polar surface area (TPSA) is 92.8 Å². The molecule has 29 heavy (non-hydrogen) atoms. The van der Waals surface area contributed by atoms with Crippen molar-refractivity contribution in [2.45, 2.75) is 6.92 Å². The molecule has 0 aliphatic rings. The van der Waals surface area contributed by atoms with Crippen molar-refractivity contribution in [3.05, 3.63) is 66.4 Å². The normalized spacial score (nSPS) is 11.0. The van der Waals surface area contributed by atoms with E-state index in [1.165, 1.54) is 30.7 Å². The minimum absolute atomic E-state index is 0.0169. The lowest BCUT2D eigenvalue weighted by molar-refractivity contribution is -0.139. The fourth-order valence-corrected chi connectivity index (χ4v) is 3.21. The highest BCUT2D eigenvalue weighted by Crippen LogP contribution is 2.41. The molecule has 146 valence electrons. The summed E-state index contributed by atoms with van der Waals surface area (Å²) in [7, 11) is 0. The molecule has 2 N–H and O–H groups in total. The molecule has 0 radical (unpaired) electrons. The first-order valence-corrected chi connectivity index (χ1v) is 8.74. The summed E-state index contributed by atoms with van der Waals surface area (Å²) in [4.78, 5) is 15.5. The summed E-state index contributed by atoms with van der Waals surface area (Å²) in [5.74, 6) is -1.42. The number of furan rings is 1. The number of aliphatic carboxylic acids is 1. The highest BCUT2D eigenvalue weighted by Gasteiger charge is 2.20. The third-order valence-electron chi connectivity index (χ3n) is 4.53. The fourth-order valence-electron chi connectivity index (χ4n) is 3.21. The Kier molecular flexibility index (Phi) is 4.64. The number of nitrogens with zero attached hydrogens (tertiary/aromatic N) is 1. The van der Waals surface area contributed by atoms with Crippen LogP contribution in [0.3, 0.4) is 0 Å². The van der Waals surface area contributed by atoms with E-state index in [0.717, 1.165) is 0 Å². The van der Waals surface area contributed by atoms with Gasteiger partial charge in [0.2, 0.25) is 5.88 Å². The summed E-state index contributed by atoms with van der Waals surface area (Å²) in [5.41, 5.74) is 3.01. The number of carbonyl (C=O) groups is 1. The zero-order valence-electron chi connectivity index (χ0n) is 15.3. The highest BCUT2D eigenvalue weighted by molar-refractivity contribution is 6.05. The molecule has 0 aliphatic heterocycles. The number of benzene rings is 2. The maximum atomic E-state index is 13.9. The van der Waals surface area contributed by atoms with Crippen molar-refractivity contribution in [3.8, 4) is 34.0 Å². The first kappa shape index (κ1) is 18.5. The van der Waals surface area contributed by atoms with Crippen molar-refractivity contribution in [2.75, 3.05) is 6.61 Å². The Morgan fingerprint density at radius 3 is 2.66 bits per heavy atom. The van der Waals surface area contributed by atoms with Crippen molar-refractivity contribution in [2.24, 2.45) is 0 Å². The van der Waals surface area contributed by atoms with Crippen LogP contribution < -0.4 is 4.74 Å². The molecule has 0 saturated carbocycles. The fraction of sp³-hybridized carbons (Fsp3) is 0.0909. The summed E-state index contributed by atoms with van der Waals surface area (Å²) in [6.45, 7) is 1.08. The zero-order valence-corrected chi connectivity index (χ0v) is 15.3. The van der Waals surface area contributed by atoms with Crippen molar-refractivity contribution < 1.29 is 28.6 Å². The Labute approximate surface area is 164 Å². The molecule has 2 aromatic carbocycles. The Morgan fingerprint density at radius 2 is 1.97 bits per heavy atom. The van der Waals surface area contributed by atoms with Gasteiger partial charge in [-0.1, -0.05) is 6.07 Å². The minimum Gasteiger partial charge on any atom is -0.508 e. The molecule has 4 rings (SSSR count). The van der Waals surface area contributed by atoms with E-state index in [-0.39, 0.29) is 17.4 Å². The molecule has 0 saturated heterocycles. The second kappa shape index (κ2) is 7.27. The molecular formula is C22H16FNO5. The quantitative estimate of drug-likeness (QED) is 0.507. The number of rotatable bonds is 5. The molecule has 6 nitrogen and oxygen atoms in total. The largest absolute Gasteiger partial charge is 0.508 e. The van der Waals surface area contributed by atoms with Gasteiger partial charge in [-0.05, 0) is 59.8 Å². The van der Waals surface area contributed by atoms with Crippen molar-refractivity contribution in [3.63, 3.8) is 0 Å². The number of phenols is 1. The zero-order chi connectivity index (χ0) is 20.5. The predicted molar refractivity (Wildman–Crippen MR) is 104 cm³/mol. The summed E-state index contributed by atoms with van der Waals surface area (Å²) in [6, 6.07) is 11.1. The van der Waals surface area contributed by atoms with Gasteiger partial charge in [0.05, 0.1) is 18.2 Å². The number of hydrogen-bond acceptors (Lipinski definition) is 5. The first-order valence-electron chi connectivity index (χ1n) is 8.74. The van der Waals surface area contributed by atoms with Crippen LogP contribution in [-0.2, 0) is 4.79 Å². The Morgan fingerprint density at radius 1 is 1.14 bits per heavy atom. The van der Waals surface area contributed by atoms with Gasteiger partial charge in [-0.15, -0.1) is 0 Å². The van der Waals surface area contributed by atoms with Crippen molar-refractivity contribution in [1.82, 2.24) is 4.98 Å². The number of carboxylic acid groups (broad SMARTS) is 1. The van der Waals surface area contributed by atoms with Gasteiger partial charge in [0.15, 0.2) is 6.61 Å². The lowest BCUT2D eigenvalue weighted by atomic mass is 9.93. The van der Waals surface area contributed by atoms with Crippen LogP contribution in [0.1, 0.15) is 5.56 Å². The molecule has 7 heteroatoms. The summed E-state index contributed by atoms with van der Waals surface area (Å²) in [6.07, 6.45) is 3.00. The third-order valence-corrected chi connectivity index (χ3v) is 4.53. The van der Waals surface area contributed by atoms with Crippen LogP contribution >= 0.6 is 0 Å². The number of aromatic nitrogens is 1. The van der Waals surface area contributed by atoms with Crippen LogP contribution in [0.2, 0.25) is 0 Å². The molecule has 2 aromatic heterocycles. The third kappa shape index (κ3) is 3.50. The van der Waals surface area contributed by atoms with Crippen LogP contribution in [0.5, 0.6) is 11.6 Å². The van der Waals surface area contributed by atoms with Crippen LogP contribution in [-0.4, -0.2) is 27.8 Å². The molecule has 0 spiro atoms. The van der Waals surface area contributed by atoms with Crippen LogP contribution in [0, 0.1) is 12.7 Å². The van der Waals surface area contributed by atoms with Gasteiger partial charge in [-0.25, -0.2) is 14.2 Å². The highest BCUT2D eigenvalue weighted by atomic mass is 19.1. The molecule has 0 atom stereocenters. The molecule has 0 amide bonds. The molecule has 4 aromatic rings. The number of hydrogen-bond donors (Lipinski definition) is 2. The van der Waals surface area contributed by atoms with Gasteiger partial charge in [0.25, 0.3) is 0 Å². The Bertz CT molecular complexity index is 1220. The lowest BCUT2D eigenvalue weighted by Crippen LogP contribution is -2.11. The standard InChI is InChI=1S/C22H16FNO5/c1-12-8-13(2-5-18(12)23)20-16-4-3-15(25)9-17(16)22(29-11-19(26)27)24-21(20)14-6-7-28-10-14/h2-10,25H,11H2,1H3,(H,26,27). The van der Waals surface area contributed by atoms with E-state index in [1.54, 1.807) is 31.2 Å². The number of fused-ring (bicyclic) bond motifs is 1. The molecule has 0 unspecified atom stereocenters. The molecule has 0 bridgehead atoms. The van der Waals surface area contributed by atoms with E-state index in [2.05, 4.69) is 4.98 Å². The monoisotopic (exact) mass is 393 g/mol. The average Bonchev–Trinajstić information content (AvgIpc) is 3.22. The van der Waals surface area contributed by atoms with E-state index in [0.29, 0.717) is 38.7 Å². The number of ether oxygens (including phenoxy) is 1. The summed E-state index contributed by atoms with van der Waals surface area (Å²) >= 11 is 0. The molecule has 0 aliphatic carbocycles. The minimum atomic E-state index is -1.15. The maximum absolute atomic E-state index is 13.9. The number of carboxylic acids is 1. The number of pyridine rings is 1. The number of phenolic OH excluding ortho intramolecular Hbond substituents is 1. The second-order valence-electron chi connectivity index (χ2n) is 6.53. The molecular weight excluding hydrogens is 377 g/mol. The predicted octanol–water partition coefficient (Wildman–Crippen LogP) is 4.78. The van der Waals surface area contributed by atoms with E-state index < -0.39 is 12.6 Å². The maximum Gasteiger partial charge on any atom is 0.341 e. The SMILES string of the molecule is Cc1cc(-c2c(-c3ccoc3)nc(OCC(=O)O)c3cc(O)ccc23)ccc1F. The van der Waals surface area contributed by atoms with Crippen LogP contribution in [0.25, 0.3) is 33.2 Å². The number of halogens is 1. The molecule has 2 heterocycles. The van der Waals surface area contributed by atoms with Crippen molar-refractivity contribution in [1.29, 1.82) is 0 Å². The summed E-state index contributed by atoms with van der Waals surface area (Å²) < 4.78 is 24.4. The van der Waals surface area contributed by atoms with E-state index in [9.17, 15) is 14.3 Å². The average molecular weight is 393 g/mol. The lowest BCUT2D eigenvalue weighted by Gasteiger charge is -2.16. The van der Waals surface area contributed by atoms with Crippen LogP contribution in [0.4, 0.5) is 4.39 Å². The Balaban J connectivity index is 2.07.